The number of rotatable bonds is 5. The Labute approximate surface area is 102 Å². The minimum atomic E-state index is -0.0553. The summed E-state index contributed by atoms with van der Waals surface area (Å²) in [6, 6.07) is 9.97. The van der Waals surface area contributed by atoms with Gasteiger partial charge in [0.1, 0.15) is 0 Å². The van der Waals surface area contributed by atoms with Crippen molar-refractivity contribution in [3.8, 4) is 0 Å². The number of carbonyl (C=O) groups excluding carboxylic acids is 1. The van der Waals surface area contributed by atoms with Crippen LogP contribution in [0, 0.1) is 5.92 Å². The molecule has 1 aromatic rings. The van der Waals surface area contributed by atoms with Crippen molar-refractivity contribution in [3.63, 3.8) is 0 Å². The van der Waals surface area contributed by atoms with Gasteiger partial charge in [0.15, 0.2) is 0 Å². The second-order valence-corrected chi connectivity index (χ2v) is 4.51. The van der Waals surface area contributed by atoms with Crippen molar-refractivity contribution in [1.29, 1.82) is 0 Å². The first kappa shape index (κ1) is 12.1. The zero-order valence-corrected chi connectivity index (χ0v) is 10.2. The molecule has 1 N–H and O–H groups in total. The van der Waals surface area contributed by atoms with Crippen LogP contribution >= 0.6 is 0 Å². The molecule has 1 aromatic carbocycles. The van der Waals surface area contributed by atoms with Gasteiger partial charge in [-0.3, -0.25) is 4.79 Å². The van der Waals surface area contributed by atoms with E-state index in [9.17, 15) is 4.79 Å². The van der Waals surface area contributed by atoms with E-state index >= 15 is 0 Å². The van der Waals surface area contributed by atoms with Gasteiger partial charge < -0.3 is 10.1 Å². The predicted octanol–water partition coefficient (Wildman–Crippen LogP) is 2.29. The van der Waals surface area contributed by atoms with E-state index in [1.54, 1.807) is 7.11 Å². The molecule has 1 aliphatic carbocycles. The molecule has 0 saturated heterocycles. The molecule has 1 amide bonds. The zero-order chi connectivity index (χ0) is 12.1. The van der Waals surface area contributed by atoms with E-state index in [-0.39, 0.29) is 17.9 Å². The highest BCUT2D eigenvalue weighted by molar-refractivity contribution is 5.79. The van der Waals surface area contributed by atoms with Gasteiger partial charge in [-0.2, -0.15) is 0 Å². The summed E-state index contributed by atoms with van der Waals surface area (Å²) < 4.78 is 5.40. The van der Waals surface area contributed by atoms with Crippen LogP contribution in [0.15, 0.2) is 30.3 Å². The Hall–Kier alpha value is -1.35. The van der Waals surface area contributed by atoms with Gasteiger partial charge >= 0.3 is 0 Å². The summed E-state index contributed by atoms with van der Waals surface area (Å²) >= 11 is 0. The Balaban J connectivity index is 1.85. The summed E-state index contributed by atoms with van der Waals surface area (Å²) in [6.07, 6.45) is 3.20. The second kappa shape index (κ2) is 5.82. The van der Waals surface area contributed by atoms with E-state index in [1.807, 2.05) is 30.3 Å². The van der Waals surface area contributed by atoms with Gasteiger partial charge in [-0.05, 0) is 18.4 Å². The molecule has 0 radical (unpaired) electrons. The number of nitrogens with one attached hydrogen (secondary N) is 1. The molecule has 0 aromatic heterocycles. The SMILES string of the molecule is CO[C@@H](CNC(=O)C1CCC1)c1ccccc1. The number of ether oxygens (including phenoxy) is 1. The fraction of sp³-hybridized carbons (Fsp3) is 0.500. The van der Waals surface area contributed by atoms with Gasteiger partial charge in [0.2, 0.25) is 5.91 Å². The molecular weight excluding hydrogens is 214 g/mol. The van der Waals surface area contributed by atoms with E-state index < -0.39 is 0 Å². The molecule has 0 spiro atoms. The Kier molecular flexibility index (Phi) is 4.15. The number of hydrogen-bond acceptors (Lipinski definition) is 2. The van der Waals surface area contributed by atoms with Crippen molar-refractivity contribution in [2.45, 2.75) is 25.4 Å². The monoisotopic (exact) mass is 233 g/mol. The van der Waals surface area contributed by atoms with Crippen LogP contribution in [-0.2, 0) is 9.53 Å². The van der Waals surface area contributed by atoms with E-state index in [4.69, 9.17) is 4.74 Å². The molecule has 2 rings (SSSR count). The van der Waals surface area contributed by atoms with Crippen molar-refractivity contribution in [1.82, 2.24) is 5.32 Å². The number of carbonyl (C=O) groups is 1. The van der Waals surface area contributed by atoms with Gasteiger partial charge in [0.05, 0.1) is 6.10 Å². The average Bonchev–Trinajstić information content (AvgIpc) is 2.29. The molecule has 0 aliphatic heterocycles. The largest absolute Gasteiger partial charge is 0.375 e. The molecule has 92 valence electrons. The van der Waals surface area contributed by atoms with Crippen molar-refractivity contribution in [2.75, 3.05) is 13.7 Å². The number of amides is 1. The fourth-order valence-corrected chi connectivity index (χ4v) is 2.01. The van der Waals surface area contributed by atoms with Crippen LogP contribution in [0.5, 0.6) is 0 Å². The van der Waals surface area contributed by atoms with Crippen LogP contribution in [0.4, 0.5) is 0 Å². The molecule has 3 heteroatoms. The molecule has 0 unspecified atom stereocenters. The first-order valence-corrected chi connectivity index (χ1v) is 6.16. The lowest BCUT2D eigenvalue weighted by Gasteiger charge is -2.25. The molecule has 1 fully saturated rings. The van der Waals surface area contributed by atoms with Crippen molar-refractivity contribution >= 4 is 5.91 Å². The lowest BCUT2D eigenvalue weighted by molar-refractivity contribution is -0.127. The van der Waals surface area contributed by atoms with Gasteiger partial charge in [-0.1, -0.05) is 36.8 Å². The molecule has 1 atom stereocenters. The van der Waals surface area contributed by atoms with Crippen LogP contribution in [0.2, 0.25) is 0 Å². The third-order valence-electron chi connectivity index (χ3n) is 3.39. The maximum atomic E-state index is 11.7. The highest BCUT2D eigenvalue weighted by Gasteiger charge is 2.25. The van der Waals surface area contributed by atoms with Crippen LogP contribution < -0.4 is 5.32 Å². The summed E-state index contributed by atoms with van der Waals surface area (Å²) in [5.41, 5.74) is 1.10. The summed E-state index contributed by atoms with van der Waals surface area (Å²) in [5, 5.41) is 2.97. The maximum Gasteiger partial charge on any atom is 0.223 e. The topological polar surface area (TPSA) is 38.3 Å². The Bertz CT molecular complexity index is 360. The van der Waals surface area contributed by atoms with Gasteiger partial charge in [-0.15, -0.1) is 0 Å². The molecule has 1 saturated carbocycles. The van der Waals surface area contributed by atoms with E-state index in [2.05, 4.69) is 5.32 Å². The van der Waals surface area contributed by atoms with E-state index in [0.29, 0.717) is 6.54 Å². The average molecular weight is 233 g/mol. The number of methoxy groups -OCH3 is 1. The normalized spacial score (nSPS) is 17.2. The van der Waals surface area contributed by atoms with Crippen LogP contribution in [0.25, 0.3) is 0 Å². The van der Waals surface area contributed by atoms with Crippen molar-refractivity contribution < 1.29 is 9.53 Å². The highest BCUT2D eigenvalue weighted by Crippen LogP contribution is 2.26. The molecular formula is C14H19NO2. The first-order chi connectivity index (χ1) is 8.31. The summed E-state index contributed by atoms with van der Waals surface area (Å²) in [5.74, 6) is 0.414. The minimum absolute atomic E-state index is 0.0553. The molecule has 3 nitrogen and oxygen atoms in total. The third kappa shape index (κ3) is 3.07. The quantitative estimate of drug-likeness (QED) is 0.847. The molecule has 17 heavy (non-hydrogen) atoms. The van der Waals surface area contributed by atoms with E-state index in [0.717, 1.165) is 18.4 Å². The van der Waals surface area contributed by atoms with Crippen LogP contribution in [-0.4, -0.2) is 19.6 Å². The van der Waals surface area contributed by atoms with Gasteiger partial charge in [0.25, 0.3) is 0 Å². The van der Waals surface area contributed by atoms with E-state index in [1.165, 1.54) is 6.42 Å². The fourth-order valence-electron chi connectivity index (χ4n) is 2.01. The molecule has 0 heterocycles. The smallest absolute Gasteiger partial charge is 0.223 e. The zero-order valence-electron chi connectivity index (χ0n) is 10.2. The predicted molar refractivity (Wildman–Crippen MR) is 66.5 cm³/mol. The second-order valence-electron chi connectivity index (χ2n) is 4.51. The van der Waals surface area contributed by atoms with Gasteiger partial charge in [0, 0.05) is 19.6 Å². The summed E-state index contributed by atoms with van der Waals surface area (Å²) in [7, 11) is 1.67. The Morgan fingerprint density at radius 2 is 2.12 bits per heavy atom. The van der Waals surface area contributed by atoms with Crippen molar-refractivity contribution in [3.05, 3.63) is 35.9 Å². The number of benzene rings is 1. The van der Waals surface area contributed by atoms with Crippen LogP contribution in [0.1, 0.15) is 30.9 Å². The Morgan fingerprint density at radius 1 is 1.41 bits per heavy atom. The highest BCUT2D eigenvalue weighted by atomic mass is 16.5. The van der Waals surface area contributed by atoms with Gasteiger partial charge in [-0.25, -0.2) is 0 Å². The van der Waals surface area contributed by atoms with Crippen molar-refractivity contribution in [2.24, 2.45) is 5.92 Å². The third-order valence-corrected chi connectivity index (χ3v) is 3.39. The summed E-state index contributed by atoms with van der Waals surface area (Å²) in [6.45, 7) is 0.551. The minimum Gasteiger partial charge on any atom is -0.375 e. The first-order valence-electron chi connectivity index (χ1n) is 6.16. The standard InChI is InChI=1S/C14H19NO2/c1-17-13(11-6-3-2-4-7-11)10-15-14(16)12-8-5-9-12/h2-4,6-7,12-13H,5,8-10H2,1H3,(H,15,16)/t13-/m0/s1. The lowest BCUT2D eigenvalue weighted by atomic mass is 9.85. The van der Waals surface area contributed by atoms with Crippen LogP contribution in [0.3, 0.4) is 0 Å². The molecule has 0 bridgehead atoms. The lowest BCUT2D eigenvalue weighted by Crippen LogP contribution is -2.37. The Morgan fingerprint density at radius 3 is 2.65 bits per heavy atom. The summed E-state index contributed by atoms with van der Waals surface area (Å²) in [4.78, 5) is 11.7. The molecule has 1 aliphatic rings. The number of hydrogen-bond donors (Lipinski definition) is 1. The maximum absolute atomic E-state index is 11.7.